The van der Waals surface area contributed by atoms with E-state index in [9.17, 15) is 13.2 Å². The van der Waals surface area contributed by atoms with Crippen molar-refractivity contribution in [2.24, 2.45) is 4.99 Å². The van der Waals surface area contributed by atoms with Crippen LogP contribution in [0.3, 0.4) is 0 Å². The Labute approximate surface area is 189 Å². The number of amidine groups is 1. The minimum absolute atomic E-state index is 0.107. The van der Waals surface area contributed by atoms with Gasteiger partial charge < -0.3 is 10.2 Å². The maximum atomic E-state index is 12.1. The zero-order valence-corrected chi connectivity index (χ0v) is 18.9. The molecular formula is C23H29N5O3S. The van der Waals surface area contributed by atoms with Crippen molar-refractivity contribution in [1.82, 2.24) is 19.8 Å². The summed E-state index contributed by atoms with van der Waals surface area (Å²) in [6.07, 6.45) is 0.871. The first-order valence-corrected chi connectivity index (χ1v) is 12.4. The van der Waals surface area contributed by atoms with E-state index >= 15 is 0 Å². The van der Waals surface area contributed by atoms with Crippen molar-refractivity contribution in [3.05, 3.63) is 65.7 Å². The highest BCUT2D eigenvalue weighted by atomic mass is 32.2. The first-order valence-electron chi connectivity index (χ1n) is 10.9. The van der Waals surface area contributed by atoms with Gasteiger partial charge >= 0.3 is 0 Å². The number of sulfonamides is 1. The zero-order chi connectivity index (χ0) is 22.4. The molecule has 2 aromatic rings. The van der Waals surface area contributed by atoms with Gasteiger partial charge in [0.15, 0.2) is 0 Å². The molecule has 1 amide bonds. The maximum Gasteiger partial charge on any atom is 0.263 e. The maximum absolute atomic E-state index is 12.1. The van der Waals surface area contributed by atoms with Gasteiger partial charge in [0.1, 0.15) is 12.4 Å². The van der Waals surface area contributed by atoms with Crippen LogP contribution >= 0.6 is 0 Å². The molecule has 2 heterocycles. The van der Waals surface area contributed by atoms with E-state index in [0.29, 0.717) is 12.1 Å². The van der Waals surface area contributed by atoms with Crippen molar-refractivity contribution in [2.45, 2.75) is 17.9 Å². The van der Waals surface area contributed by atoms with Crippen LogP contribution in [0, 0.1) is 0 Å². The molecule has 0 atom stereocenters. The summed E-state index contributed by atoms with van der Waals surface area (Å²) in [6, 6.07) is 17.2. The smallest absolute Gasteiger partial charge is 0.263 e. The van der Waals surface area contributed by atoms with Gasteiger partial charge in [-0.25, -0.2) is 8.42 Å². The Morgan fingerprint density at radius 1 is 0.969 bits per heavy atom. The number of piperazine rings is 1. The SMILES string of the molecule is O=C(CN=C1NS(=O)(=O)c2ccccc21)NCCCN1CCN(Cc2ccccc2)CC1. The van der Waals surface area contributed by atoms with Crippen molar-refractivity contribution in [2.75, 3.05) is 45.8 Å². The van der Waals surface area contributed by atoms with E-state index in [4.69, 9.17) is 0 Å². The molecule has 0 spiro atoms. The topological polar surface area (TPSA) is 94.1 Å². The predicted molar refractivity (Wildman–Crippen MR) is 124 cm³/mol. The lowest BCUT2D eigenvalue weighted by atomic mass is 10.2. The average molecular weight is 456 g/mol. The van der Waals surface area contributed by atoms with Crippen LogP contribution in [0.15, 0.2) is 64.5 Å². The highest BCUT2D eigenvalue weighted by Crippen LogP contribution is 2.21. The van der Waals surface area contributed by atoms with Crippen molar-refractivity contribution < 1.29 is 13.2 Å². The summed E-state index contributed by atoms with van der Waals surface area (Å²) in [5.41, 5.74) is 1.85. The van der Waals surface area contributed by atoms with Gasteiger partial charge in [-0.05, 0) is 30.7 Å². The van der Waals surface area contributed by atoms with Crippen LogP contribution in [0.5, 0.6) is 0 Å². The van der Waals surface area contributed by atoms with Gasteiger partial charge in [0, 0.05) is 44.8 Å². The quantitative estimate of drug-likeness (QED) is 0.581. The molecule has 0 aliphatic carbocycles. The van der Waals surface area contributed by atoms with Crippen LogP contribution in [-0.2, 0) is 21.4 Å². The second-order valence-electron chi connectivity index (χ2n) is 8.07. The number of rotatable bonds is 8. The molecule has 170 valence electrons. The van der Waals surface area contributed by atoms with E-state index in [0.717, 1.165) is 45.7 Å². The van der Waals surface area contributed by atoms with Gasteiger partial charge in [0.05, 0.1) is 4.90 Å². The minimum atomic E-state index is -3.58. The first kappa shape index (κ1) is 22.4. The Bertz CT molecular complexity index is 1060. The molecule has 1 saturated heterocycles. The summed E-state index contributed by atoms with van der Waals surface area (Å²) in [5.74, 6) is 0.0119. The largest absolute Gasteiger partial charge is 0.354 e. The molecular weight excluding hydrogens is 426 g/mol. The summed E-state index contributed by atoms with van der Waals surface area (Å²) in [7, 11) is -3.58. The molecule has 2 aliphatic rings. The van der Waals surface area contributed by atoms with E-state index in [1.54, 1.807) is 18.2 Å². The molecule has 0 saturated carbocycles. The number of carbonyl (C=O) groups is 1. The Morgan fingerprint density at radius 3 is 2.44 bits per heavy atom. The molecule has 0 unspecified atom stereocenters. The normalized spacial score (nSPS) is 19.4. The predicted octanol–water partition coefficient (Wildman–Crippen LogP) is 1.05. The summed E-state index contributed by atoms with van der Waals surface area (Å²) in [4.78, 5) is 21.4. The van der Waals surface area contributed by atoms with Crippen LogP contribution in [0.4, 0.5) is 0 Å². The number of nitrogens with zero attached hydrogens (tertiary/aromatic N) is 3. The second-order valence-corrected chi connectivity index (χ2v) is 9.72. The van der Waals surface area contributed by atoms with Gasteiger partial charge in [0.25, 0.3) is 10.0 Å². The van der Waals surface area contributed by atoms with Gasteiger partial charge in [0.2, 0.25) is 5.91 Å². The van der Waals surface area contributed by atoms with Gasteiger partial charge in [-0.3, -0.25) is 19.4 Å². The number of carbonyl (C=O) groups excluding carboxylic acids is 1. The molecule has 0 radical (unpaired) electrons. The molecule has 9 heteroatoms. The molecule has 2 aliphatic heterocycles. The van der Waals surface area contributed by atoms with Gasteiger partial charge in [-0.15, -0.1) is 0 Å². The molecule has 2 N–H and O–H groups in total. The van der Waals surface area contributed by atoms with Crippen LogP contribution < -0.4 is 10.0 Å². The number of amides is 1. The number of hydrogen-bond acceptors (Lipinski definition) is 6. The number of nitrogens with one attached hydrogen (secondary N) is 2. The Balaban J connectivity index is 1.13. The summed E-state index contributed by atoms with van der Waals surface area (Å²) in [6.45, 7) is 6.59. The number of hydrogen-bond donors (Lipinski definition) is 2. The third-order valence-corrected chi connectivity index (χ3v) is 7.13. The fourth-order valence-corrected chi connectivity index (χ4v) is 5.25. The van der Waals surface area contributed by atoms with Crippen LogP contribution in [0.2, 0.25) is 0 Å². The fourth-order valence-electron chi connectivity index (χ4n) is 4.00. The zero-order valence-electron chi connectivity index (χ0n) is 18.0. The molecule has 32 heavy (non-hydrogen) atoms. The number of fused-ring (bicyclic) bond motifs is 1. The third kappa shape index (κ3) is 5.73. The molecule has 0 bridgehead atoms. The van der Waals surface area contributed by atoms with E-state index < -0.39 is 10.0 Å². The molecule has 2 aromatic carbocycles. The lowest BCUT2D eigenvalue weighted by molar-refractivity contribution is -0.119. The summed E-state index contributed by atoms with van der Waals surface area (Å²) in [5, 5.41) is 2.87. The summed E-state index contributed by atoms with van der Waals surface area (Å²) < 4.78 is 26.6. The Hall–Kier alpha value is -2.75. The van der Waals surface area contributed by atoms with Gasteiger partial charge in [-0.1, -0.05) is 42.5 Å². The molecule has 0 aromatic heterocycles. The van der Waals surface area contributed by atoms with Crippen molar-refractivity contribution >= 4 is 21.8 Å². The summed E-state index contributed by atoms with van der Waals surface area (Å²) >= 11 is 0. The molecule has 8 nitrogen and oxygen atoms in total. The standard InChI is InChI=1S/C23H29N5O3S/c29-22(17-25-23-20-9-4-5-10-21(20)32(30,31)26-23)24-11-6-12-27-13-15-28(16-14-27)18-19-7-2-1-3-8-19/h1-5,7-10H,6,11-18H2,(H,24,29)(H,25,26). The van der Waals surface area contributed by atoms with E-state index in [2.05, 4.69) is 49.1 Å². The highest BCUT2D eigenvalue weighted by molar-refractivity contribution is 7.90. The van der Waals surface area contributed by atoms with E-state index in [1.165, 1.54) is 11.6 Å². The van der Waals surface area contributed by atoms with Crippen LogP contribution in [0.1, 0.15) is 17.5 Å². The molecule has 1 fully saturated rings. The lowest BCUT2D eigenvalue weighted by Crippen LogP contribution is -2.46. The Morgan fingerprint density at radius 2 is 1.66 bits per heavy atom. The van der Waals surface area contributed by atoms with E-state index in [-0.39, 0.29) is 23.2 Å². The monoisotopic (exact) mass is 455 g/mol. The second kappa shape index (κ2) is 10.2. The lowest BCUT2D eigenvalue weighted by Gasteiger charge is -2.34. The van der Waals surface area contributed by atoms with E-state index in [1.807, 2.05) is 6.07 Å². The average Bonchev–Trinajstić information content (AvgIpc) is 3.07. The minimum Gasteiger partial charge on any atom is -0.354 e. The fraction of sp³-hybridized carbons (Fsp3) is 0.391. The van der Waals surface area contributed by atoms with Gasteiger partial charge in [-0.2, -0.15) is 0 Å². The van der Waals surface area contributed by atoms with Crippen LogP contribution in [-0.4, -0.2) is 75.8 Å². The number of aliphatic imine (C=N–C) groups is 1. The van der Waals surface area contributed by atoms with Crippen molar-refractivity contribution in [3.63, 3.8) is 0 Å². The molecule has 4 rings (SSSR count). The first-order chi connectivity index (χ1) is 15.5. The number of benzene rings is 2. The van der Waals surface area contributed by atoms with Crippen molar-refractivity contribution in [1.29, 1.82) is 0 Å². The Kier molecular flexibility index (Phi) is 7.19. The van der Waals surface area contributed by atoms with Crippen molar-refractivity contribution in [3.8, 4) is 0 Å². The third-order valence-electron chi connectivity index (χ3n) is 5.73. The van der Waals surface area contributed by atoms with Crippen LogP contribution in [0.25, 0.3) is 0 Å². The highest BCUT2D eigenvalue weighted by Gasteiger charge is 2.30.